The number of carbonyl (C=O) groups excluding carboxylic acids is 6. The molecule has 65 heavy (non-hydrogen) atoms. The lowest BCUT2D eigenvalue weighted by Crippen LogP contribution is -2.61. The second kappa shape index (κ2) is 24.3. The van der Waals surface area contributed by atoms with Gasteiger partial charge >= 0.3 is 5.97 Å². The molecule has 0 bridgehead atoms. The lowest BCUT2D eigenvalue weighted by Gasteiger charge is -2.26. The van der Waals surface area contributed by atoms with Crippen LogP contribution in [0.15, 0.2) is 103 Å². The van der Waals surface area contributed by atoms with Crippen molar-refractivity contribution in [2.24, 2.45) is 5.73 Å². The lowest BCUT2D eigenvalue weighted by atomic mass is 10.0. The van der Waals surface area contributed by atoms with Gasteiger partial charge in [0.1, 0.15) is 47.5 Å². The summed E-state index contributed by atoms with van der Waals surface area (Å²) in [6, 6.07) is 16.9. The van der Waals surface area contributed by atoms with E-state index in [0.29, 0.717) is 22.3 Å². The molecule has 0 aromatic heterocycles. The zero-order chi connectivity index (χ0) is 47.6. The van der Waals surface area contributed by atoms with Crippen molar-refractivity contribution in [2.45, 2.75) is 75.0 Å². The monoisotopic (exact) mass is 899 g/mol. The molecule has 6 amide bonds. The van der Waals surface area contributed by atoms with Gasteiger partial charge in [0.05, 0.1) is 25.3 Å². The molecule has 346 valence electrons. The van der Waals surface area contributed by atoms with E-state index >= 15 is 0 Å². The maximum Gasteiger partial charge on any atom is 0.326 e. The zero-order valence-corrected chi connectivity index (χ0v) is 35.2. The Bertz CT molecular complexity index is 2240. The molecule has 4 rings (SSSR count). The largest absolute Gasteiger partial charge is 0.508 e. The van der Waals surface area contributed by atoms with E-state index in [9.17, 15) is 64.2 Å². The fourth-order valence-electron chi connectivity index (χ4n) is 6.38. The second-order valence-corrected chi connectivity index (χ2v) is 15.2. The number of aliphatic carboxylic acids is 1. The van der Waals surface area contributed by atoms with Crippen LogP contribution in [0.5, 0.6) is 17.2 Å². The minimum Gasteiger partial charge on any atom is -0.508 e. The summed E-state index contributed by atoms with van der Waals surface area (Å²) >= 11 is 0. The van der Waals surface area contributed by atoms with Crippen LogP contribution in [0.3, 0.4) is 0 Å². The van der Waals surface area contributed by atoms with Crippen molar-refractivity contribution in [1.29, 1.82) is 0 Å². The quantitative estimate of drug-likeness (QED) is 0.0399. The Labute approximate surface area is 373 Å². The molecule has 4 aromatic rings. The molecule has 7 atom stereocenters. The molecular weight excluding hydrogens is 847 g/mol. The van der Waals surface area contributed by atoms with Gasteiger partial charge in [-0.25, -0.2) is 4.79 Å². The minimum absolute atomic E-state index is 0.0103. The van der Waals surface area contributed by atoms with Gasteiger partial charge in [0.2, 0.25) is 35.4 Å². The lowest BCUT2D eigenvalue weighted by molar-refractivity contribution is -0.142. The highest BCUT2D eigenvalue weighted by molar-refractivity contribution is 5.96. The maximum absolute atomic E-state index is 13.8. The molecule has 0 saturated carbocycles. The van der Waals surface area contributed by atoms with Gasteiger partial charge in [0, 0.05) is 19.3 Å². The average molecular weight is 900 g/mol. The summed E-state index contributed by atoms with van der Waals surface area (Å²) in [5, 5.41) is 73.7. The summed E-state index contributed by atoms with van der Waals surface area (Å²) < 4.78 is 0. The smallest absolute Gasteiger partial charge is 0.326 e. The van der Waals surface area contributed by atoms with Crippen LogP contribution in [-0.2, 0) is 59.2 Å². The van der Waals surface area contributed by atoms with Gasteiger partial charge in [-0.1, -0.05) is 66.7 Å². The molecule has 14 N–H and O–H groups in total. The standard InChI is InChI=1S/C45H53N7O13/c1-25(54)39(52-42(61)35(20-26-5-3-2-4-6-26)49-43(62)37(24-53)51-40(59)33(46)19-27-7-13-30(55)14-8-27)44(63)47-23-38(58)48-34(21-28-9-15-31(56)16-10-28)41(60)50-36(45(64)65)22-29-11-17-32(57)18-12-29/h2-18,25,33-37,39,53-57H,19-24,46H2,1H3,(H,47,63)(H,48,58)(H,49,62)(H,50,60)(H,51,59)(H,52,61)(H,64,65)/t25-,33+,34+,35+,36+,37+,39+/m1/s1. The number of phenolic OH excluding ortho intramolecular Hbond substituents is 3. The zero-order valence-electron chi connectivity index (χ0n) is 35.2. The van der Waals surface area contributed by atoms with Crippen molar-refractivity contribution < 1.29 is 64.2 Å². The van der Waals surface area contributed by atoms with Gasteiger partial charge < -0.3 is 68.3 Å². The van der Waals surface area contributed by atoms with E-state index in [1.165, 1.54) is 67.6 Å². The van der Waals surface area contributed by atoms with E-state index < -0.39 is 96.9 Å². The molecule has 0 aliphatic carbocycles. The first-order chi connectivity index (χ1) is 30.9. The van der Waals surface area contributed by atoms with Crippen LogP contribution in [0.2, 0.25) is 0 Å². The molecule has 4 aromatic carbocycles. The number of rotatable bonds is 23. The van der Waals surface area contributed by atoms with Crippen LogP contribution in [0.1, 0.15) is 29.2 Å². The summed E-state index contributed by atoms with van der Waals surface area (Å²) in [4.78, 5) is 92.5. The Hall–Kier alpha value is -7.55. The first-order valence-corrected chi connectivity index (χ1v) is 20.4. The van der Waals surface area contributed by atoms with Crippen LogP contribution in [-0.4, -0.2) is 128 Å². The normalized spacial score (nSPS) is 14.2. The van der Waals surface area contributed by atoms with Crippen molar-refractivity contribution in [3.8, 4) is 17.2 Å². The summed E-state index contributed by atoms with van der Waals surface area (Å²) in [6.45, 7) is -0.491. The van der Waals surface area contributed by atoms with Crippen LogP contribution >= 0.6 is 0 Å². The topological polar surface area (TPSA) is 339 Å². The van der Waals surface area contributed by atoms with Crippen LogP contribution in [0, 0.1) is 0 Å². The van der Waals surface area contributed by atoms with Gasteiger partial charge in [-0.15, -0.1) is 0 Å². The molecule has 20 nitrogen and oxygen atoms in total. The van der Waals surface area contributed by atoms with E-state index in [-0.39, 0.29) is 42.9 Å². The van der Waals surface area contributed by atoms with Gasteiger partial charge in [-0.2, -0.15) is 0 Å². The number of aromatic hydroxyl groups is 3. The van der Waals surface area contributed by atoms with Crippen molar-refractivity contribution in [2.75, 3.05) is 13.2 Å². The highest BCUT2D eigenvalue weighted by Crippen LogP contribution is 2.15. The fraction of sp³-hybridized carbons (Fsp3) is 0.311. The number of aliphatic hydroxyl groups is 2. The number of benzene rings is 4. The summed E-state index contributed by atoms with van der Waals surface area (Å²) in [6.07, 6.45) is -2.03. The van der Waals surface area contributed by atoms with E-state index in [4.69, 9.17) is 5.73 Å². The molecule has 0 spiro atoms. The molecule has 0 saturated heterocycles. The fourth-order valence-corrected chi connectivity index (χ4v) is 6.38. The highest BCUT2D eigenvalue weighted by Gasteiger charge is 2.33. The maximum atomic E-state index is 13.8. The minimum atomic E-state index is -1.70. The Morgan fingerprint density at radius 1 is 0.508 bits per heavy atom. The van der Waals surface area contributed by atoms with Crippen LogP contribution in [0.25, 0.3) is 0 Å². The predicted octanol–water partition coefficient (Wildman–Crippen LogP) is -1.60. The first-order valence-electron chi connectivity index (χ1n) is 20.4. The summed E-state index contributed by atoms with van der Waals surface area (Å²) in [5.74, 6) is -7.10. The number of hydrogen-bond acceptors (Lipinski definition) is 13. The van der Waals surface area contributed by atoms with Crippen molar-refractivity contribution in [1.82, 2.24) is 31.9 Å². The Balaban J connectivity index is 1.43. The number of hydrogen-bond donors (Lipinski definition) is 13. The molecule has 0 radical (unpaired) electrons. The summed E-state index contributed by atoms with van der Waals surface area (Å²) in [7, 11) is 0. The third-order valence-corrected chi connectivity index (χ3v) is 9.96. The SMILES string of the molecule is C[C@@H](O)[C@H](NC(=O)[C@H](Cc1ccccc1)NC(=O)[C@H](CO)NC(=O)[C@@H](N)Cc1ccc(O)cc1)C(=O)NCC(=O)N[C@@H](Cc1ccc(O)cc1)C(=O)N[C@@H](Cc1ccc(O)cc1)C(=O)O. The third-order valence-electron chi connectivity index (χ3n) is 9.96. The number of phenols is 3. The van der Waals surface area contributed by atoms with E-state index in [1.54, 1.807) is 42.5 Å². The molecular formula is C45H53N7O13. The van der Waals surface area contributed by atoms with Crippen LogP contribution < -0.4 is 37.6 Å². The van der Waals surface area contributed by atoms with E-state index in [2.05, 4.69) is 31.9 Å². The average Bonchev–Trinajstić information content (AvgIpc) is 3.27. The van der Waals surface area contributed by atoms with Gasteiger partial charge in [-0.05, 0) is 72.0 Å². The number of nitrogens with one attached hydrogen (secondary N) is 6. The number of aliphatic hydroxyl groups excluding tert-OH is 2. The molecule has 20 heteroatoms. The van der Waals surface area contributed by atoms with Gasteiger partial charge in [0.15, 0.2) is 0 Å². The van der Waals surface area contributed by atoms with Gasteiger partial charge in [0.25, 0.3) is 0 Å². The van der Waals surface area contributed by atoms with Gasteiger partial charge in [-0.3, -0.25) is 28.8 Å². The Morgan fingerprint density at radius 3 is 1.38 bits per heavy atom. The Morgan fingerprint density at radius 2 is 0.908 bits per heavy atom. The molecule has 0 aliphatic rings. The number of nitrogens with two attached hydrogens (primary N) is 1. The van der Waals surface area contributed by atoms with Crippen molar-refractivity contribution >= 4 is 41.4 Å². The summed E-state index contributed by atoms with van der Waals surface area (Å²) in [5.41, 5.74) is 8.15. The molecule has 0 aliphatic heterocycles. The molecule has 0 unspecified atom stereocenters. The highest BCUT2D eigenvalue weighted by atomic mass is 16.4. The van der Waals surface area contributed by atoms with Crippen molar-refractivity contribution in [3.63, 3.8) is 0 Å². The number of amides is 6. The predicted molar refractivity (Wildman–Crippen MR) is 233 cm³/mol. The first kappa shape index (κ1) is 50.1. The molecule has 0 fully saturated rings. The molecule has 0 heterocycles. The van der Waals surface area contributed by atoms with Crippen LogP contribution in [0.4, 0.5) is 0 Å². The number of carboxylic acid groups (broad SMARTS) is 1. The van der Waals surface area contributed by atoms with Crippen molar-refractivity contribution in [3.05, 3.63) is 125 Å². The number of carboxylic acids is 1. The van der Waals surface area contributed by atoms with E-state index in [1.807, 2.05) is 0 Å². The Kier molecular flexibility index (Phi) is 18.8. The second-order valence-electron chi connectivity index (χ2n) is 15.2. The number of carbonyl (C=O) groups is 7. The van der Waals surface area contributed by atoms with E-state index in [0.717, 1.165) is 0 Å². The third kappa shape index (κ3) is 16.3.